The quantitative estimate of drug-likeness (QED) is 0.257. The van der Waals surface area contributed by atoms with Crippen molar-refractivity contribution in [3.05, 3.63) is 52.5 Å². The molecule has 0 aliphatic rings. The molecule has 2 aromatic carbocycles. The molecule has 0 heterocycles. The van der Waals surface area contributed by atoms with Crippen molar-refractivity contribution in [2.24, 2.45) is 0 Å². The molecule has 34 heavy (non-hydrogen) atoms. The van der Waals surface area contributed by atoms with E-state index in [-0.39, 0.29) is 10.0 Å². The number of unbranched alkanes of at least 4 members (excludes halogenated alkanes) is 3. The maximum absolute atomic E-state index is 12.9. The van der Waals surface area contributed by atoms with Gasteiger partial charge in [0.2, 0.25) is 10.0 Å². The molecular weight excluding hydrogens is 538 g/mol. The molecule has 0 spiro atoms. The van der Waals surface area contributed by atoms with Crippen LogP contribution >= 0.6 is 28.1 Å². The number of nitrogens with zero attached hydrogens (tertiary/aromatic N) is 1. The van der Waals surface area contributed by atoms with Gasteiger partial charge in [-0.2, -0.15) is 4.31 Å². The Hall–Kier alpha value is -2.01. The van der Waals surface area contributed by atoms with Gasteiger partial charge in [-0.15, -0.1) is 0 Å². The van der Waals surface area contributed by atoms with E-state index in [4.69, 9.17) is 17.0 Å². The lowest BCUT2D eigenvalue weighted by molar-refractivity contribution is 0.0973. The monoisotopic (exact) mass is 569 g/mol. The molecule has 0 saturated carbocycles. The van der Waals surface area contributed by atoms with Crippen molar-refractivity contribution in [3.8, 4) is 5.75 Å². The number of ether oxygens (including phenoxy) is 1. The zero-order valence-electron chi connectivity index (χ0n) is 19.8. The zero-order valence-corrected chi connectivity index (χ0v) is 23.0. The smallest absolute Gasteiger partial charge is 0.261 e. The fraction of sp³-hybridized carbons (Fsp3) is 0.417. The third-order valence-electron chi connectivity index (χ3n) is 5.12. The van der Waals surface area contributed by atoms with Crippen LogP contribution < -0.4 is 15.4 Å². The topological polar surface area (TPSA) is 87.7 Å². The van der Waals surface area contributed by atoms with Gasteiger partial charge in [0.25, 0.3) is 5.91 Å². The Morgan fingerprint density at radius 2 is 1.71 bits per heavy atom. The number of hydrogen-bond acceptors (Lipinski definition) is 5. The fourth-order valence-electron chi connectivity index (χ4n) is 3.27. The highest BCUT2D eigenvalue weighted by Gasteiger charge is 2.21. The van der Waals surface area contributed by atoms with Crippen molar-refractivity contribution < 1.29 is 17.9 Å². The lowest BCUT2D eigenvalue weighted by Gasteiger charge is -2.18. The first-order valence-electron chi connectivity index (χ1n) is 11.4. The van der Waals surface area contributed by atoms with Gasteiger partial charge < -0.3 is 10.1 Å². The van der Waals surface area contributed by atoms with Gasteiger partial charge in [0.1, 0.15) is 5.75 Å². The number of rotatable bonds is 12. The van der Waals surface area contributed by atoms with Crippen LogP contribution in [-0.2, 0) is 10.0 Å². The van der Waals surface area contributed by atoms with Crippen LogP contribution in [0.25, 0.3) is 0 Å². The van der Waals surface area contributed by atoms with Crippen molar-refractivity contribution in [1.82, 2.24) is 9.62 Å². The Labute approximate surface area is 216 Å². The number of carbonyl (C=O) groups excluding carboxylic acids is 1. The Kier molecular flexibility index (Phi) is 11.4. The van der Waals surface area contributed by atoms with Crippen molar-refractivity contribution in [1.29, 1.82) is 0 Å². The van der Waals surface area contributed by atoms with E-state index in [0.29, 0.717) is 36.7 Å². The van der Waals surface area contributed by atoms with Crippen LogP contribution in [0.5, 0.6) is 5.75 Å². The van der Waals surface area contributed by atoms with E-state index in [0.717, 1.165) is 30.2 Å². The maximum Gasteiger partial charge on any atom is 0.261 e. The SMILES string of the molecule is CCCCCCOc1ccc(Br)cc1C(=O)NC(=S)Nc1ccc(S(=O)(=O)N(CC)CC)cc1. The van der Waals surface area contributed by atoms with Gasteiger partial charge in [0, 0.05) is 23.2 Å². The van der Waals surface area contributed by atoms with Crippen molar-refractivity contribution >= 4 is 54.9 Å². The Morgan fingerprint density at radius 1 is 1.03 bits per heavy atom. The fourth-order valence-corrected chi connectivity index (χ4v) is 5.30. The lowest BCUT2D eigenvalue weighted by atomic mass is 10.2. The summed E-state index contributed by atoms with van der Waals surface area (Å²) >= 11 is 8.68. The van der Waals surface area contributed by atoms with E-state index in [2.05, 4.69) is 33.5 Å². The molecule has 0 saturated heterocycles. The molecule has 0 aromatic heterocycles. The normalized spacial score (nSPS) is 11.3. The number of amides is 1. The molecule has 0 unspecified atom stereocenters. The van der Waals surface area contributed by atoms with Crippen molar-refractivity contribution in [3.63, 3.8) is 0 Å². The highest BCUT2D eigenvalue weighted by molar-refractivity contribution is 9.10. The molecule has 0 atom stereocenters. The number of hydrogen-bond donors (Lipinski definition) is 2. The molecule has 1 amide bonds. The Bertz CT molecular complexity index is 1070. The minimum atomic E-state index is -3.54. The molecule has 2 N–H and O–H groups in total. The van der Waals surface area contributed by atoms with Crippen LogP contribution in [0.15, 0.2) is 51.8 Å². The summed E-state index contributed by atoms with van der Waals surface area (Å²) in [4.78, 5) is 13.1. The van der Waals surface area contributed by atoms with Gasteiger partial charge >= 0.3 is 0 Å². The predicted molar refractivity (Wildman–Crippen MR) is 144 cm³/mol. The first kappa shape index (κ1) is 28.2. The van der Waals surface area contributed by atoms with Gasteiger partial charge in [0.05, 0.1) is 17.1 Å². The minimum absolute atomic E-state index is 0.0956. The van der Waals surface area contributed by atoms with Gasteiger partial charge in [-0.05, 0) is 61.1 Å². The minimum Gasteiger partial charge on any atom is -0.493 e. The van der Waals surface area contributed by atoms with Gasteiger partial charge in [-0.25, -0.2) is 8.42 Å². The number of carbonyl (C=O) groups is 1. The third-order valence-corrected chi connectivity index (χ3v) is 7.89. The van der Waals surface area contributed by atoms with Gasteiger partial charge in [0.15, 0.2) is 5.11 Å². The van der Waals surface area contributed by atoms with E-state index >= 15 is 0 Å². The summed E-state index contributed by atoms with van der Waals surface area (Å²) in [5.74, 6) is 0.0917. The zero-order chi connectivity index (χ0) is 25.1. The highest BCUT2D eigenvalue weighted by Crippen LogP contribution is 2.24. The molecule has 0 aliphatic carbocycles. The van der Waals surface area contributed by atoms with Crippen LogP contribution in [-0.4, -0.2) is 43.4 Å². The molecule has 0 radical (unpaired) electrons. The standard InChI is InChI=1S/C24H32BrN3O4S2/c1-4-7-8-9-16-32-22-15-10-18(25)17-21(22)23(29)27-24(33)26-19-11-13-20(14-12-19)34(30,31)28(5-2)6-3/h10-15,17H,4-9,16H2,1-3H3,(H2,26,27,29,33). The average molecular weight is 571 g/mol. The largest absolute Gasteiger partial charge is 0.493 e. The van der Waals surface area contributed by atoms with Crippen LogP contribution in [0, 0.1) is 0 Å². The van der Waals surface area contributed by atoms with E-state index in [1.165, 1.54) is 16.4 Å². The summed E-state index contributed by atoms with van der Waals surface area (Å²) in [7, 11) is -3.54. The number of benzene rings is 2. The van der Waals surface area contributed by atoms with E-state index in [9.17, 15) is 13.2 Å². The Morgan fingerprint density at radius 3 is 2.32 bits per heavy atom. The average Bonchev–Trinajstić information content (AvgIpc) is 2.80. The molecule has 186 valence electrons. The van der Waals surface area contributed by atoms with E-state index < -0.39 is 15.9 Å². The Balaban J connectivity index is 2.02. The predicted octanol–water partition coefficient (Wildman–Crippen LogP) is 5.57. The third kappa shape index (κ3) is 8.04. The summed E-state index contributed by atoms with van der Waals surface area (Å²) in [6.07, 6.45) is 4.30. The number of anilines is 1. The number of thiocarbonyl (C=S) groups is 1. The molecule has 0 aliphatic heterocycles. The molecule has 2 aromatic rings. The van der Waals surface area contributed by atoms with E-state index in [1.807, 2.05) is 6.07 Å². The summed E-state index contributed by atoms with van der Waals surface area (Å²) in [5.41, 5.74) is 0.931. The molecule has 0 bridgehead atoms. The molecule has 10 heteroatoms. The van der Waals surface area contributed by atoms with Crippen LogP contribution in [0.3, 0.4) is 0 Å². The van der Waals surface area contributed by atoms with Gasteiger partial charge in [-0.3, -0.25) is 10.1 Å². The maximum atomic E-state index is 12.9. The number of nitrogens with one attached hydrogen (secondary N) is 2. The van der Waals surface area contributed by atoms with Crippen molar-refractivity contribution in [2.75, 3.05) is 25.0 Å². The molecule has 0 fully saturated rings. The molecule has 2 rings (SSSR count). The summed E-state index contributed by atoms with van der Waals surface area (Å²) in [5, 5.41) is 5.67. The lowest BCUT2D eigenvalue weighted by Crippen LogP contribution is -2.34. The van der Waals surface area contributed by atoms with Gasteiger partial charge in [-0.1, -0.05) is 56.0 Å². The summed E-state index contributed by atoms with van der Waals surface area (Å²) in [6.45, 7) is 7.08. The summed E-state index contributed by atoms with van der Waals surface area (Å²) in [6, 6.07) is 11.5. The second-order valence-electron chi connectivity index (χ2n) is 7.57. The second-order valence-corrected chi connectivity index (χ2v) is 10.8. The van der Waals surface area contributed by atoms with Crippen LogP contribution in [0.4, 0.5) is 5.69 Å². The van der Waals surface area contributed by atoms with Crippen LogP contribution in [0.2, 0.25) is 0 Å². The number of sulfonamides is 1. The highest BCUT2D eigenvalue weighted by atomic mass is 79.9. The first-order valence-corrected chi connectivity index (χ1v) is 14.0. The van der Waals surface area contributed by atoms with Crippen molar-refractivity contribution in [2.45, 2.75) is 51.3 Å². The molecular formula is C24H32BrN3O4S2. The number of halogens is 1. The van der Waals surface area contributed by atoms with E-state index in [1.54, 1.807) is 38.1 Å². The first-order chi connectivity index (χ1) is 16.2. The molecule has 7 nitrogen and oxygen atoms in total. The van der Waals surface area contributed by atoms with Crippen LogP contribution in [0.1, 0.15) is 56.8 Å². The second kappa shape index (κ2) is 13.8. The summed E-state index contributed by atoms with van der Waals surface area (Å²) < 4.78 is 33.2.